The van der Waals surface area contributed by atoms with Crippen LogP contribution in [0, 0.1) is 0 Å². The molecule has 7 heteroatoms. The molecule has 1 aromatic heterocycles. The molecule has 0 aliphatic heterocycles. The third-order valence-corrected chi connectivity index (χ3v) is 5.00. The number of hydrogen-bond acceptors (Lipinski definition) is 6. The van der Waals surface area contributed by atoms with Crippen molar-refractivity contribution >= 4 is 34.1 Å². The molecule has 1 N–H and O–H groups in total. The van der Waals surface area contributed by atoms with Crippen molar-refractivity contribution in [1.82, 2.24) is 10.2 Å². The molecular weight excluding hydrogens is 342 g/mol. The number of nitrogens with one attached hydrogen (secondary N) is 1. The van der Waals surface area contributed by atoms with Crippen LogP contribution in [0.2, 0.25) is 0 Å². The average molecular weight is 364 g/mol. The number of carbonyl (C=O) groups is 1. The van der Waals surface area contributed by atoms with Crippen LogP contribution in [0.1, 0.15) is 26.3 Å². The maximum Gasteiger partial charge on any atom is 0.264 e. The van der Waals surface area contributed by atoms with Gasteiger partial charge in [-0.05, 0) is 17.0 Å². The van der Waals surface area contributed by atoms with E-state index >= 15 is 0 Å². The monoisotopic (exact) mass is 363 g/mol. The van der Waals surface area contributed by atoms with Crippen molar-refractivity contribution in [3.05, 3.63) is 42.5 Å². The molecule has 0 saturated heterocycles. The maximum atomic E-state index is 12.0. The van der Waals surface area contributed by atoms with Crippen LogP contribution in [0.3, 0.4) is 0 Å². The fourth-order valence-corrected chi connectivity index (χ4v) is 3.49. The Labute approximate surface area is 150 Å². The van der Waals surface area contributed by atoms with Crippen LogP contribution in [0.25, 0.3) is 0 Å². The van der Waals surface area contributed by atoms with Gasteiger partial charge in [0.05, 0.1) is 0 Å². The van der Waals surface area contributed by atoms with Crippen molar-refractivity contribution in [3.63, 3.8) is 0 Å². The van der Waals surface area contributed by atoms with Crippen LogP contribution in [-0.4, -0.2) is 28.5 Å². The van der Waals surface area contributed by atoms with E-state index in [1.165, 1.54) is 23.1 Å². The third-order valence-electron chi connectivity index (χ3n) is 3.03. The Bertz CT molecular complexity index is 708. The van der Waals surface area contributed by atoms with Gasteiger partial charge in [0.25, 0.3) is 5.91 Å². The molecule has 2 aromatic rings. The zero-order chi connectivity index (χ0) is 17.6. The highest BCUT2D eigenvalue weighted by atomic mass is 32.2. The average Bonchev–Trinajstić information content (AvgIpc) is 2.97. The van der Waals surface area contributed by atoms with E-state index in [4.69, 9.17) is 4.74 Å². The van der Waals surface area contributed by atoms with Gasteiger partial charge in [-0.15, -0.1) is 16.8 Å². The number of aromatic nitrogens is 2. The van der Waals surface area contributed by atoms with Gasteiger partial charge in [0, 0.05) is 5.75 Å². The summed E-state index contributed by atoms with van der Waals surface area (Å²) in [4.78, 5) is 12.0. The molecule has 0 fully saturated rings. The molecule has 0 radical (unpaired) electrons. The van der Waals surface area contributed by atoms with E-state index < -0.39 is 0 Å². The highest BCUT2D eigenvalue weighted by molar-refractivity contribution is 8.01. The summed E-state index contributed by atoms with van der Waals surface area (Å²) in [6.07, 6.45) is 1.80. The lowest BCUT2D eigenvalue weighted by atomic mass is 9.86. The van der Waals surface area contributed by atoms with E-state index in [2.05, 4.69) is 42.9 Å². The second-order valence-electron chi connectivity index (χ2n) is 6.06. The number of ether oxygens (including phenoxy) is 1. The second-order valence-corrected chi connectivity index (χ2v) is 8.30. The predicted octanol–water partition coefficient (Wildman–Crippen LogP) is 4.13. The minimum atomic E-state index is -0.255. The lowest BCUT2D eigenvalue weighted by Crippen LogP contribution is -2.21. The summed E-state index contributed by atoms with van der Waals surface area (Å²) in [6.45, 7) is 9.92. The van der Waals surface area contributed by atoms with E-state index in [0.717, 1.165) is 21.4 Å². The molecule has 0 bridgehead atoms. The summed E-state index contributed by atoms with van der Waals surface area (Å²) in [5, 5.41) is 11.1. The van der Waals surface area contributed by atoms with Gasteiger partial charge in [-0.25, -0.2) is 0 Å². The van der Waals surface area contributed by atoms with E-state index in [1.807, 2.05) is 24.3 Å². The Kier molecular flexibility index (Phi) is 6.39. The minimum absolute atomic E-state index is 0.0520. The number of para-hydroxylation sites is 1. The topological polar surface area (TPSA) is 64.1 Å². The summed E-state index contributed by atoms with van der Waals surface area (Å²) < 4.78 is 6.49. The van der Waals surface area contributed by atoms with Gasteiger partial charge in [-0.1, -0.05) is 68.1 Å². The maximum absolute atomic E-state index is 12.0. The van der Waals surface area contributed by atoms with Crippen molar-refractivity contribution in [2.45, 2.75) is 30.5 Å². The molecule has 0 unspecified atom stereocenters. The molecule has 0 saturated carbocycles. The van der Waals surface area contributed by atoms with Crippen molar-refractivity contribution in [2.75, 3.05) is 17.7 Å². The Balaban J connectivity index is 1.92. The highest BCUT2D eigenvalue weighted by Crippen LogP contribution is 2.31. The van der Waals surface area contributed by atoms with Crippen LogP contribution in [0.15, 0.2) is 41.3 Å². The summed E-state index contributed by atoms with van der Waals surface area (Å²) in [5.74, 6) is 1.23. The molecule has 1 aromatic carbocycles. The first-order chi connectivity index (χ1) is 11.4. The molecule has 128 valence electrons. The fourth-order valence-electron chi connectivity index (χ4n) is 1.96. The molecule has 0 atom stereocenters. The molecule has 2 rings (SSSR count). The van der Waals surface area contributed by atoms with Crippen LogP contribution in [-0.2, 0) is 10.2 Å². The molecule has 24 heavy (non-hydrogen) atoms. The summed E-state index contributed by atoms with van der Waals surface area (Å²) >= 11 is 2.86. The van der Waals surface area contributed by atoms with Crippen LogP contribution in [0.5, 0.6) is 5.75 Å². The van der Waals surface area contributed by atoms with Gasteiger partial charge in [0.15, 0.2) is 10.9 Å². The van der Waals surface area contributed by atoms with Crippen LogP contribution < -0.4 is 10.1 Å². The molecule has 0 aliphatic rings. The van der Waals surface area contributed by atoms with Gasteiger partial charge >= 0.3 is 0 Å². The number of thioether (sulfide) groups is 1. The summed E-state index contributed by atoms with van der Waals surface area (Å²) in [7, 11) is 0. The normalized spacial score (nSPS) is 11.1. The lowest BCUT2D eigenvalue weighted by molar-refractivity contribution is -0.118. The van der Waals surface area contributed by atoms with E-state index in [0.29, 0.717) is 5.13 Å². The van der Waals surface area contributed by atoms with Gasteiger partial charge in [0.1, 0.15) is 5.75 Å². The summed E-state index contributed by atoms with van der Waals surface area (Å²) in [5.41, 5.74) is 1.01. The van der Waals surface area contributed by atoms with Gasteiger partial charge in [-0.2, -0.15) is 0 Å². The van der Waals surface area contributed by atoms with Crippen molar-refractivity contribution in [2.24, 2.45) is 0 Å². The minimum Gasteiger partial charge on any atom is -0.483 e. The first-order valence-electron chi connectivity index (χ1n) is 7.49. The zero-order valence-corrected chi connectivity index (χ0v) is 15.7. The first-order valence-corrected chi connectivity index (χ1v) is 9.29. The largest absolute Gasteiger partial charge is 0.483 e. The Morgan fingerprint density at radius 2 is 2.12 bits per heavy atom. The third kappa shape index (κ3) is 5.35. The molecule has 1 amide bonds. The molecule has 0 aliphatic carbocycles. The Morgan fingerprint density at radius 3 is 2.83 bits per heavy atom. The standard InChI is InChI=1S/C17H21N3O2S2/c1-5-10-23-16-20-19-15(24-16)18-14(21)11-22-13-9-7-6-8-12(13)17(2,3)4/h5-9H,1,10-11H2,2-4H3,(H,18,19,21). The highest BCUT2D eigenvalue weighted by Gasteiger charge is 2.19. The van der Waals surface area contributed by atoms with E-state index in [-0.39, 0.29) is 17.9 Å². The number of amides is 1. The molecule has 1 heterocycles. The Morgan fingerprint density at radius 1 is 1.38 bits per heavy atom. The Hall–Kier alpha value is -1.86. The second kappa shape index (κ2) is 8.30. The van der Waals surface area contributed by atoms with Crippen molar-refractivity contribution < 1.29 is 9.53 Å². The summed E-state index contributed by atoms with van der Waals surface area (Å²) in [6, 6.07) is 7.76. The van der Waals surface area contributed by atoms with Gasteiger partial charge < -0.3 is 4.74 Å². The van der Waals surface area contributed by atoms with Gasteiger partial charge in [-0.3, -0.25) is 10.1 Å². The number of hydrogen-bond donors (Lipinski definition) is 1. The fraction of sp³-hybridized carbons (Fsp3) is 0.353. The molecule has 5 nitrogen and oxygen atoms in total. The predicted molar refractivity (Wildman–Crippen MR) is 100 cm³/mol. The van der Waals surface area contributed by atoms with Crippen molar-refractivity contribution in [1.29, 1.82) is 0 Å². The number of anilines is 1. The SMILES string of the molecule is C=CCSc1nnc(NC(=O)COc2ccccc2C(C)(C)C)s1. The molecular formula is C17H21N3O2S2. The molecule has 0 spiro atoms. The van der Waals surface area contributed by atoms with Crippen molar-refractivity contribution in [3.8, 4) is 5.75 Å². The quantitative estimate of drug-likeness (QED) is 0.455. The number of rotatable bonds is 7. The van der Waals surface area contributed by atoms with E-state index in [9.17, 15) is 4.79 Å². The number of nitrogens with zero attached hydrogens (tertiary/aromatic N) is 2. The first kappa shape index (κ1) is 18.5. The van der Waals surface area contributed by atoms with E-state index in [1.54, 1.807) is 6.08 Å². The van der Waals surface area contributed by atoms with Gasteiger partial charge in [0.2, 0.25) is 5.13 Å². The van der Waals surface area contributed by atoms with Crippen LogP contribution >= 0.6 is 23.1 Å². The number of benzene rings is 1. The number of carbonyl (C=O) groups excluding carboxylic acids is 1. The smallest absolute Gasteiger partial charge is 0.264 e. The van der Waals surface area contributed by atoms with Crippen LogP contribution in [0.4, 0.5) is 5.13 Å². The lowest BCUT2D eigenvalue weighted by Gasteiger charge is -2.22. The zero-order valence-electron chi connectivity index (χ0n) is 14.0.